The second-order valence-electron chi connectivity index (χ2n) is 1.82. The van der Waals surface area contributed by atoms with E-state index in [1.807, 2.05) is 0 Å². The van der Waals surface area contributed by atoms with Crippen LogP contribution < -0.4 is 10.5 Å². The smallest absolute Gasteiger partial charge is 0.357 e. The molecule has 6 heteroatoms. The van der Waals surface area contributed by atoms with Crippen molar-refractivity contribution in [2.75, 3.05) is 12.8 Å². The molecule has 0 aliphatic heterocycles. The third kappa shape index (κ3) is 1.09. The topological polar surface area (TPSA) is 101 Å². The lowest BCUT2D eigenvalue weighted by molar-refractivity contribution is 0.0687. The van der Waals surface area contributed by atoms with E-state index in [0.29, 0.717) is 0 Å². The van der Waals surface area contributed by atoms with Crippen LogP contribution in [0.2, 0.25) is 0 Å². The van der Waals surface area contributed by atoms with Gasteiger partial charge in [0.1, 0.15) is 0 Å². The Balaban J connectivity index is 3.15. The molecule has 0 unspecified atom stereocenters. The van der Waals surface area contributed by atoms with Crippen LogP contribution in [0.4, 0.5) is 5.82 Å². The van der Waals surface area contributed by atoms with Gasteiger partial charge in [0.2, 0.25) is 0 Å². The number of hydrogen-bond donors (Lipinski definition) is 3. The number of H-pyrrole nitrogens is 1. The zero-order valence-corrected chi connectivity index (χ0v) is 5.79. The van der Waals surface area contributed by atoms with E-state index in [-0.39, 0.29) is 17.3 Å². The monoisotopic (exact) mass is 157 g/mol. The number of aromatic amines is 1. The first-order valence-corrected chi connectivity index (χ1v) is 2.78. The number of carbonyl (C=O) groups is 1. The lowest BCUT2D eigenvalue weighted by atomic mass is 10.4. The Morgan fingerprint density at radius 2 is 2.45 bits per heavy atom. The summed E-state index contributed by atoms with van der Waals surface area (Å²) in [5.74, 6) is -1.03. The van der Waals surface area contributed by atoms with E-state index >= 15 is 0 Å². The molecule has 60 valence electrons. The summed E-state index contributed by atoms with van der Waals surface area (Å²) in [7, 11) is 1.33. The minimum absolute atomic E-state index is 0.0462. The van der Waals surface area contributed by atoms with Gasteiger partial charge in [-0.3, -0.25) is 5.10 Å². The maximum absolute atomic E-state index is 10.4. The van der Waals surface area contributed by atoms with Gasteiger partial charge in [-0.05, 0) is 0 Å². The average Bonchev–Trinajstić information content (AvgIpc) is 2.30. The molecule has 0 aliphatic carbocycles. The van der Waals surface area contributed by atoms with Crippen LogP contribution in [0.3, 0.4) is 0 Å². The Hall–Kier alpha value is -1.72. The number of carboxylic acid groups (broad SMARTS) is 1. The number of aromatic carboxylic acids is 1. The Morgan fingerprint density at radius 3 is 2.82 bits per heavy atom. The van der Waals surface area contributed by atoms with Crippen molar-refractivity contribution in [1.82, 2.24) is 10.2 Å². The van der Waals surface area contributed by atoms with Crippen LogP contribution in [0.1, 0.15) is 10.5 Å². The van der Waals surface area contributed by atoms with Crippen molar-refractivity contribution in [3.05, 3.63) is 5.69 Å². The quantitative estimate of drug-likeness (QED) is 0.547. The van der Waals surface area contributed by atoms with Crippen molar-refractivity contribution in [1.29, 1.82) is 0 Å². The molecule has 0 amide bonds. The number of nitrogens with two attached hydrogens (primary N) is 1. The summed E-state index contributed by atoms with van der Waals surface area (Å²) in [5.41, 5.74) is 5.12. The maximum Gasteiger partial charge on any atom is 0.357 e. The van der Waals surface area contributed by atoms with Crippen molar-refractivity contribution in [3.63, 3.8) is 0 Å². The highest BCUT2D eigenvalue weighted by atomic mass is 16.5. The number of carboxylic acids is 1. The predicted molar refractivity (Wildman–Crippen MR) is 36.5 cm³/mol. The summed E-state index contributed by atoms with van der Waals surface area (Å²) in [6.07, 6.45) is 0. The number of anilines is 1. The molecule has 0 saturated carbocycles. The van der Waals surface area contributed by atoms with E-state index in [4.69, 9.17) is 10.8 Å². The molecule has 1 heterocycles. The van der Waals surface area contributed by atoms with Gasteiger partial charge in [0.05, 0.1) is 7.11 Å². The van der Waals surface area contributed by atoms with Crippen LogP contribution in [0.25, 0.3) is 0 Å². The molecule has 1 aromatic heterocycles. The van der Waals surface area contributed by atoms with Crippen molar-refractivity contribution >= 4 is 11.8 Å². The van der Waals surface area contributed by atoms with Gasteiger partial charge in [-0.25, -0.2) is 4.79 Å². The molecule has 0 spiro atoms. The van der Waals surface area contributed by atoms with Gasteiger partial charge in [0.15, 0.2) is 17.3 Å². The van der Waals surface area contributed by atoms with Gasteiger partial charge in [0, 0.05) is 0 Å². The molecular formula is C5H7N3O3. The van der Waals surface area contributed by atoms with Crippen LogP contribution >= 0.6 is 0 Å². The minimum Gasteiger partial charge on any atom is -0.491 e. The molecular weight excluding hydrogens is 150 g/mol. The van der Waals surface area contributed by atoms with E-state index in [2.05, 4.69) is 14.9 Å². The summed E-state index contributed by atoms with van der Waals surface area (Å²) in [5, 5.41) is 14.2. The Labute approximate surface area is 62.0 Å². The van der Waals surface area contributed by atoms with Crippen LogP contribution in [-0.2, 0) is 0 Å². The van der Waals surface area contributed by atoms with E-state index in [9.17, 15) is 4.79 Å². The molecule has 11 heavy (non-hydrogen) atoms. The fourth-order valence-corrected chi connectivity index (χ4v) is 0.697. The van der Waals surface area contributed by atoms with Crippen LogP contribution in [0.5, 0.6) is 5.75 Å². The molecule has 1 rings (SSSR count). The van der Waals surface area contributed by atoms with Crippen molar-refractivity contribution in [2.45, 2.75) is 0 Å². The number of hydrogen-bond acceptors (Lipinski definition) is 4. The third-order valence-corrected chi connectivity index (χ3v) is 1.17. The highest BCUT2D eigenvalue weighted by Crippen LogP contribution is 2.22. The summed E-state index contributed by atoms with van der Waals surface area (Å²) < 4.78 is 4.68. The molecule has 0 bridgehead atoms. The Bertz CT molecular complexity index is 281. The van der Waals surface area contributed by atoms with Crippen molar-refractivity contribution < 1.29 is 14.6 Å². The highest BCUT2D eigenvalue weighted by Gasteiger charge is 2.16. The van der Waals surface area contributed by atoms with Gasteiger partial charge in [-0.15, -0.1) is 0 Å². The predicted octanol–water partition coefficient (Wildman–Crippen LogP) is -0.301. The number of nitrogen functional groups attached to an aromatic ring is 1. The van der Waals surface area contributed by atoms with Crippen LogP contribution in [0, 0.1) is 0 Å². The van der Waals surface area contributed by atoms with Gasteiger partial charge in [0.25, 0.3) is 0 Å². The standard InChI is InChI=1S/C5H7N3O3/c1-11-3-2(5(9)10)7-8-4(3)6/h1H3,(H,9,10)(H3,6,7,8). The second-order valence-corrected chi connectivity index (χ2v) is 1.82. The lowest BCUT2D eigenvalue weighted by Crippen LogP contribution is -1.99. The Kier molecular flexibility index (Phi) is 1.67. The number of nitrogens with one attached hydrogen (secondary N) is 1. The summed E-state index contributed by atoms with van der Waals surface area (Å²) in [4.78, 5) is 10.4. The zero-order valence-electron chi connectivity index (χ0n) is 5.79. The molecule has 1 aromatic rings. The van der Waals surface area contributed by atoms with E-state index in [1.165, 1.54) is 7.11 Å². The largest absolute Gasteiger partial charge is 0.491 e. The average molecular weight is 157 g/mol. The first-order chi connectivity index (χ1) is 5.16. The maximum atomic E-state index is 10.4. The van der Waals surface area contributed by atoms with Gasteiger partial charge >= 0.3 is 5.97 Å². The fraction of sp³-hybridized carbons (Fsp3) is 0.200. The fourth-order valence-electron chi connectivity index (χ4n) is 0.697. The van der Waals surface area contributed by atoms with E-state index < -0.39 is 5.97 Å². The van der Waals surface area contributed by atoms with Crippen molar-refractivity contribution in [3.8, 4) is 5.75 Å². The highest BCUT2D eigenvalue weighted by molar-refractivity contribution is 5.90. The molecule has 0 saturated heterocycles. The van der Waals surface area contributed by atoms with Crippen molar-refractivity contribution in [2.24, 2.45) is 0 Å². The zero-order chi connectivity index (χ0) is 8.43. The number of rotatable bonds is 2. The SMILES string of the molecule is COc1c(N)n[nH]c1C(=O)O. The normalized spacial score (nSPS) is 9.55. The number of nitrogens with zero attached hydrogens (tertiary/aromatic N) is 1. The van der Waals surface area contributed by atoms with Gasteiger partial charge in [-0.2, -0.15) is 5.10 Å². The summed E-state index contributed by atoms with van der Waals surface area (Å²) >= 11 is 0. The molecule has 0 aromatic carbocycles. The second kappa shape index (κ2) is 2.49. The lowest BCUT2D eigenvalue weighted by Gasteiger charge is -1.95. The number of ether oxygens (including phenoxy) is 1. The summed E-state index contributed by atoms with van der Waals surface area (Å²) in [6.45, 7) is 0. The molecule has 6 nitrogen and oxygen atoms in total. The van der Waals surface area contributed by atoms with Gasteiger partial charge in [-0.1, -0.05) is 0 Å². The minimum atomic E-state index is -1.15. The van der Waals surface area contributed by atoms with Gasteiger partial charge < -0.3 is 15.6 Å². The first-order valence-electron chi connectivity index (χ1n) is 2.78. The molecule has 0 radical (unpaired) electrons. The third-order valence-electron chi connectivity index (χ3n) is 1.17. The van der Waals surface area contributed by atoms with Crippen LogP contribution in [-0.4, -0.2) is 28.4 Å². The molecule has 0 atom stereocenters. The molecule has 0 aliphatic rings. The van der Waals surface area contributed by atoms with E-state index in [0.717, 1.165) is 0 Å². The Morgan fingerprint density at radius 1 is 1.82 bits per heavy atom. The number of aromatic nitrogens is 2. The number of methoxy groups -OCH3 is 1. The molecule has 4 N–H and O–H groups in total. The van der Waals surface area contributed by atoms with Crippen LogP contribution in [0.15, 0.2) is 0 Å². The first kappa shape index (κ1) is 7.39. The molecule has 0 fully saturated rings. The van der Waals surface area contributed by atoms with E-state index in [1.54, 1.807) is 0 Å². The summed E-state index contributed by atoms with van der Waals surface area (Å²) in [6, 6.07) is 0.